The monoisotopic (exact) mass is 300 g/mol. The van der Waals surface area contributed by atoms with Crippen molar-refractivity contribution in [2.45, 2.75) is 66.2 Å². The number of ether oxygens (including phenoxy) is 2. The second kappa shape index (κ2) is 9.80. The molecule has 0 saturated heterocycles. The Balaban J connectivity index is 5.03. The van der Waals surface area contributed by atoms with Gasteiger partial charge in [-0.1, -0.05) is 53.4 Å². The molecular weight excluding hydrogens is 268 g/mol. The molecule has 0 bridgehead atoms. The van der Waals surface area contributed by atoms with Crippen LogP contribution in [-0.4, -0.2) is 26.2 Å². The van der Waals surface area contributed by atoms with Crippen LogP contribution >= 0.6 is 0 Å². The topological polar surface area (TPSA) is 52.6 Å². The highest BCUT2D eigenvalue weighted by Gasteiger charge is 2.47. The minimum atomic E-state index is -1.13. The standard InChI is InChI=1S/C17H32O4/c1-13(2)9-7-11-17(15(18)20-5,16(19)21-6)12-8-10-14(3)4/h13-14H,7-12H2,1-6H3. The second-order valence-electron chi connectivity index (χ2n) is 6.64. The zero-order valence-electron chi connectivity index (χ0n) is 14.5. The quantitative estimate of drug-likeness (QED) is 0.452. The van der Waals surface area contributed by atoms with Gasteiger partial charge in [0.15, 0.2) is 5.41 Å². The van der Waals surface area contributed by atoms with Gasteiger partial charge in [-0.15, -0.1) is 0 Å². The minimum Gasteiger partial charge on any atom is -0.468 e. The van der Waals surface area contributed by atoms with Gasteiger partial charge in [-0.3, -0.25) is 9.59 Å². The van der Waals surface area contributed by atoms with Crippen LogP contribution in [0.2, 0.25) is 0 Å². The largest absolute Gasteiger partial charge is 0.468 e. The molecule has 0 aliphatic heterocycles. The van der Waals surface area contributed by atoms with E-state index in [9.17, 15) is 9.59 Å². The summed E-state index contributed by atoms with van der Waals surface area (Å²) in [6.07, 6.45) is 4.62. The molecule has 0 aromatic heterocycles. The molecule has 4 nitrogen and oxygen atoms in total. The summed E-state index contributed by atoms with van der Waals surface area (Å²) < 4.78 is 9.83. The highest BCUT2D eigenvalue weighted by molar-refractivity contribution is 5.99. The molecule has 21 heavy (non-hydrogen) atoms. The number of rotatable bonds is 10. The zero-order chi connectivity index (χ0) is 16.5. The molecule has 0 fully saturated rings. The van der Waals surface area contributed by atoms with Crippen LogP contribution in [0.25, 0.3) is 0 Å². The van der Waals surface area contributed by atoms with Crippen molar-refractivity contribution in [2.24, 2.45) is 17.3 Å². The summed E-state index contributed by atoms with van der Waals surface area (Å²) in [6.45, 7) is 8.54. The molecule has 0 heterocycles. The van der Waals surface area contributed by atoms with Crippen molar-refractivity contribution in [1.29, 1.82) is 0 Å². The Kier molecular flexibility index (Phi) is 9.31. The molecule has 0 aliphatic rings. The van der Waals surface area contributed by atoms with Crippen molar-refractivity contribution < 1.29 is 19.1 Å². The summed E-state index contributed by atoms with van der Waals surface area (Å²) in [5.41, 5.74) is -1.13. The van der Waals surface area contributed by atoms with Crippen LogP contribution in [0.1, 0.15) is 66.2 Å². The van der Waals surface area contributed by atoms with Gasteiger partial charge in [0.1, 0.15) is 0 Å². The summed E-state index contributed by atoms with van der Waals surface area (Å²) in [4.78, 5) is 24.5. The van der Waals surface area contributed by atoms with Crippen molar-refractivity contribution in [3.05, 3.63) is 0 Å². The van der Waals surface area contributed by atoms with Gasteiger partial charge >= 0.3 is 11.9 Å². The third kappa shape index (κ3) is 6.49. The zero-order valence-corrected chi connectivity index (χ0v) is 14.5. The number of hydrogen-bond donors (Lipinski definition) is 0. The Labute approximate surface area is 129 Å². The Hall–Kier alpha value is -1.06. The van der Waals surface area contributed by atoms with Gasteiger partial charge < -0.3 is 9.47 Å². The lowest BCUT2D eigenvalue weighted by molar-refractivity contribution is -0.170. The smallest absolute Gasteiger partial charge is 0.323 e. The Morgan fingerprint density at radius 2 is 1.14 bits per heavy atom. The maximum absolute atomic E-state index is 12.3. The molecular formula is C17H32O4. The first kappa shape index (κ1) is 19.9. The lowest BCUT2D eigenvalue weighted by Gasteiger charge is -2.28. The lowest BCUT2D eigenvalue weighted by Crippen LogP contribution is -2.41. The summed E-state index contributed by atoms with van der Waals surface area (Å²) >= 11 is 0. The van der Waals surface area contributed by atoms with E-state index in [-0.39, 0.29) is 0 Å². The molecule has 0 aromatic carbocycles. The van der Waals surface area contributed by atoms with Crippen molar-refractivity contribution >= 4 is 11.9 Å². The molecule has 0 spiro atoms. The molecule has 0 radical (unpaired) electrons. The molecule has 0 N–H and O–H groups in total. The third-order valence-electron chi connectivity index (χ3n) is 3.92. The van der Waals surface area contributed by atoms with E-state index in [4.69, 9.17) is 9.47 Å². The maximum atomic E-state index is 12.3. The predicted molar refractivity (Wildman–Crippen MR) is 83.8 cm³/mol. The predicted octanol–water partition coefficient (Wildman–Crippen LogP) is 3.97. The number of carbonyl (C=O) groups is 2. The van der Waals surface area contributed by atoms with Crippen LogP contribution in [0.4, 0.5) is 0 Å². The Bertz CT molecular complexity index is 289. The van der Waals surface area contributed by atoms with Crippen LogP contribution in [-0.2, 0) is 19.1 Å². The third-order valence-corrected chi connectivity index (χ3v) is 3.92. The van der Waals surface area contributed by atoms with Gasteiger partial charge in [0.25, 0.3) is 0 Å². The first-order chi connectivity index (χ1) is 9.80. The molecule has 0 atom stereocenters. The summed E-state index contributed by atoms with van der Waals surface area (Å²) in [5, 5.41) is 0. The number of hydrogen-bond acceptors (Lipinski definition) is 4. The summed E-state index contributed by atoms with van der Waals surface area (Å²) in [5.74, 6) is 0.186. The van der Waals surface area contributed by atoms with Crippen LogP contribution in [0.3, 0.4) is 0 Å². The number of methoxy groups -OCH3 is 2. The van der Waals surface area contributed by atoms with E-state index in [2.05, 4.69) is 27.7 Å². The van der Waals surface area contributed by atoms with Crippen molar-refractivity contribution in [2.75, 3.05) is 14.2 Å². The SMILES string of the molecule is COC(=O)C(CCCC(C)C)(CCCC(C)C)C(=O)OC. The molecule has 0 aromatic rings. The molecule has 124 valence electrons. The minimum absolute atomic E-state index is 0.457. The summed E-state index contributed by atoms with van der Waals surface area (Å²) in [6, 6.07) is 0. The molecule has 0 aliphatic carbocycles. The fourth-order valence-corrected chi connectivity index (χ4v) is 2.63. The van der Waals surface area contributed by atoms with Gasteiger partial charge in [-0.2, -0.15) is 0 Å². The average molecular weight is 300 g/mol. The highest BCUT2D eigenvalue weighted by atomic mass is 16.5. The van der Waals surface area contributed by atoms with E-state index in [1.165, 1.54) is 14.2 Å². The van der Waals surface area contributed by atoms with E-state index < -0.39 is 17.4 Å². The molecule has 0 saturated carbocycles. The van der Waals surface area contributed by atoms with Gasteiger partial charge in [-0.05, 0) is 24.7 Å². The van der Waals surface area contributed by atoms with Gasteiger partial charge in [-0.25, -0.2) is 0 Å². The normalized spacial score (nSPS) is 11.8. The average Bonchev–Trinajstić information content (AvgIpc) is 2.43. The fraction of sp³-hybridized carbons (Fsp3) is 0.882. The van der Waals surface area contributed by atoms with Crippen molar-refractivity contribution in [1.82, 2.24) is 0 Å². The van der Waals surface area contributed by atoms with E-state index >= 15 is 0 Å². The lowest BCUT2D eigenvalue weighted by atomic mass is 9.77. The maximum Gasteiger partial charge on any atom is 0.323 e. The van der Waals surface area contributed by atoms with E-state index in [1.54, 1.807) is 0 Å². The van der Waals surface area contributed by atoms with E-state index in [0.717, 1.165) is 25.7 Å². The summed E-state index contributed by atoms with van der Waals surface area (Å²) in [7, 11) is 2.68. The molecule has 0 unspecified atom stereocenters. The first-order valence-corrected chi connectivity index (χ1v) is 7.97. The second-order valence-corrected chi connectivity index (χ2v) is 6.64. The van der Waals surface area contributed by atoms with Crippen LogP contribution in [0.15, 0.2) is 0 Å². The van der Waals surface area contributed by atoms with Gasteiger partial charge in [0, 0.05) is 0 Å². The Morgan fingerprint density at radius 1 is 0.810 bits per heavy atom. The van der Waals surface area contributed by atoms with Crippen LogP contribution in [0, 0.1) is 17.3 Å². The van der Waals surface area contributed by atoms with Crippen LogP contribution in [0.5, 0.6) is 0 Å². The number of esters is 2. The molecule has 4 heteroatoms. The molecule has 0 amide bonds. The highest BCUT2D eigenvalue weighted by Crippen LogP contribution is 2.35. The van der Waals surface area contributed by atoms with Gasteiger partial charge in [0.05, 0.1) is 14.2 Å². The Morgan fingerprint density at radius 3 is 1.38 bits per heavy atom. The van der Waals surface area contributed by atoms with Crippen LogP contribution < -0.4 is 0 Å². The fourth-order valence-electron chi connectivity index (χ4n) is 2.63. The van der Waals surface area contributed by atoms with Gasteiger partial charge in [0.2, 0.25) is 0 Å². The number of carbonyl (C=O) groups excluding carboxylic acids is 2. The first-order valence-electron chi connectivity index (χ1n) is 7.97. The van der Waals surface area contributed by atoms with Crippen molar-refractivity contribution in [3.8, 4) is 0 Å². The van der Waals surface area contributed by atoms with Crippen molar-refractivity contribution in [3.63, 3.8) is 0 Å². The van der Waals surface area contributed by atoms with E-state index in [0.29, 0.717) is 24.7 Å². The van der Waals surface area contributed by atoms with E-state index in [1.807, 2.05) is 0 Å². The molecule has 0 rings (SSSR count).